The van der Waals surface area contributed by atoms with Crippen molar-refractivity contribution in [2.75, 3.05) is 45.3 Å². The number of benzene rings is 4. The summed E-state index contributed by atoms with van der Waals surface area (Å²) in [6.07, 6.45) is -0.383. The molecule has 2 aliphatic heterocycles. The van der Waals surface area contributed by atoms with Crippen LogP contribution in [-0.4, -0.2) is 92.6 Å². The van der Waals surface area contributed by atoms with Crippen LogP contribution in [-0.2, 0) is 57.5 Å². The average molecular weight is 946 g/mol. The second kappa shape index (κ2) is 19.7. The molecular formula is C40H43F4N3O11S4. The van der Waals surface area contributed by atoms with Gasteiger partial charge < -0.3 is 10.5 Å². The quantitative estimate of drug-likeness (QED) is 0.110. The molecule has 2 N–H and O–H groups in total. The fourth-order valence-corrected chi connectivity index (χ4v) is 14.2. The number of nitrogens with zero attached hydrogens (tertiary/aromatic N) is 2. The number of anilines is 2. The fraction of sp³-hybridized carbons (Fsp3) is 0.350. The van der Waals surface area contributed by atoms with Crippen molar-refractivity contribution in [3.05, 3.63) is 130 Å². The normalized spacial score (nSPS) is 16.7. The van der Waals surface area contributed by atoms with Crippen molar-refractivity contribution in [1.82, 2.24) is 0 Å². The Kier molecular flexibility index (Phi) is 15.3. The largest absolute Gasteiger partial charge is 0.465 e. The maximum atomic E-state index is 14.7. The lowest BCUT2D eigenvalue weighted by molar-refractivity contribution is 0.0600. The SMILES string of the molecule is COC(=O)c1ccc(CN(c2cccc(F)c2)S(=O)(=O)C2CCS(=O)(=O)CC2)c(F)c1.NCC(=O)c1ccc(CN(c2cccc(F)c2)S(=O)(=O)C2CCS(=O)(=O)CC2)c(F)c1. The smallest absolute Gasteiger partial charge is 0.337 e. The number of carbonyl (C=O) groups excluding carboxylic acids is 2. The van der Waals surface area contributed by atoms with Gasteiger partial charge >= 0.3 is 5.97 Å². The lowest BCUT2D eigenvalue weighted by Crippen LogP contribution is -2.42. The van der Waals surface area contributed by atoms with Crippen molar-refractivity contribution in [2.45, 2.75) is 49.3 Å². The molecule has 0 saturated carbocycles. The Morgan fingerprint density at radius 3 is 1.37 bits per heavy atom. The van der Waals surface area contributed by atoms with Crippen molar-refractivity contribution in [2.24, 2.45) is 5.73 Å². The van der Waals surface area contributed by atoms with Crippen LogP contribution in [0.4, 0.5) is 28.9 Å². The van der Waals surface area contributed by atoms with Crippen LogP contribution in [0, 0.1) is 23.3 Å². The molecule has 336 valence electrons. The van der Waals surface area contributed by atoms with Gasteiger partial charge in [0, 0.05) is 16.7 Å². The third kappa shape index (κ3) is 11.8. The summed E-state index contributed by atoms with van der Waals surface area (Å²) in [7, 11) is -13.7. The minimum atomic E-state index is -4.15. The van der Waals surface area contributed by atoms with Gasteiger partial charge in [-0.25, -0.2) is 56.0 Å². The van der Waals surface area contributed by atoms with E-state index in [-0.39, 0.29) is 88.9 Å². The van der Waals surface area contributed by atoms with Gasteiger partial charge in [-0.1, -0.05) is 30.3 Å². The molecule has 2 aliphatic rings. The molecule has 6 rings (SSSR count). The molecule has 0 aliphatic carbocycles. The van der Waals surface area contributed by atoms with Gasteiger partial charge in [0.05, 0.1) is 77.2 Å². The highest BCUT2D eigenvalue weighted by molar-refractivity contribution is 7.94. The third-order valence-corrected chi connectivity index (χ3v) is 18.3. The number of ether oxygens (including phenoxy) is 1. The van der Waals surface area contributed by atoms with E-state index in [1.54, 1.807) is 0 Å². The first-order chi connectivity index (χ1) is 29.1. The Morgan fingerprint density at radius 2 is 1.02 bits per heavy atom. The maximum absolute atomic E-state index is 14.7. The van der Waals surface area contributed by atoms with Crippen molar-refractivity contribution in [1.29, 1.82) is 0 Å². The van der Waals surface area contributed by atoms with Crippen LogP contribution < -0.4 is 14.3 Å². The second-order valence-corrected chi connectivity index (χ2v) is 23.4. The number of nitrogens with two attached hydrogens (primary N) is 1. The molecule has 22 heteroatoms. The van der Waals surface area contributed by atoms with Crippen LogP contribution in [0.3, 0.4) is 0 Å². The van der Waals surface area contributed by atoms with E-state index in [4.69, 9.17) is 5.73 Å². The van der Waals surface area contributed by atoms with E-state index in [0.717, 1.165) is 52.1 Å². The maximum Gasteiger partial charge on any atom is 0.337 e. The van der Waals surface area contributed by atoms with E-state index >= 15 is 0 Å². The van der Waals surface area contributed by atoms with Crippen LogP contribution >= 0.6 is 0 Å². The molecule has 2 heterocycles. The lowest BCUT2D eigenvalue weighted by atomic mass is 10.1. The molecule has 4 aromatic rings. The molecule has 4 aromatic carbocycles. The Balaban J connectivity index is 0.000000234. The van der Waals surface area contributed by atoms with E-state index < -0.39 is 98.3 Å². The van der Waals surface area contributed by atoms with Gasteiger partial charge in [0.25, 0.3) is 0 Å². The van der Waals surface area contributed by atoms with Crippen molar-refractivity contribution < 1.29 is 65.6 Å². The minimum Gasteiger partial charge on any atom is -0.465 e. The zero-order valence-electron chi connectivity index (χ0n) is 33.1. The summed E-state index contributed by atoms with van der Waals surface area (Å²) >= 11 is 0. The number of halogens is 4. The fourth-order valence-electron chi connectivity index (χ4n) is 6.81. The number of hydrogen-bond donors (Lipinski definition) is 1. The molecule has 0 unspecified atom stereocenters. The Bertz CT molecular complexity index is 2560. The van der Waals surface area contributed by atoms with E-state index in [1.807, 2.05) is 0 Å². The van der Waals surface area contributed by atoms with Crippen LogP contribution in [0.2, 0.25) is 0 Å². The van der Waals surface area contributed by atoms with Gasteiger partial charge in [-0.2, -0.15) is 0 Å². The third-order valence-electron chi connectivity index (χ3n) is 10.3. The first-order valence-corrected chi connectivity index (χ1v) is 25.6. The van der Waals surface area contributed by atoms with Gasteiger partial charge in [0.1, 0.15) is 42.9 Å². The molecule has 0 atom stereocenters. The molecule has 0 bridgehead atoms. The van der Waals surface area contributed by atoms with E-state index in [9.17, 15) is 60.8 Å². The molecule has 0 radical (unpaired) electrons. The van der Waals surface area contributed by atoms with Gasteiger partial charge in [-0.05, 0) is 80.3 Å². The number of carbonyl (C=O) groups is 2. The minimum absolute atomic E-state index is 0.00468. The summed E-state index contributed by atoms with van der Waals surface area (Å²) in [6, 6.07) is 16.8. The van der Waals surface area contributed by atoms with E-state index in [2.05, 4.69) is 4.74 Å². The number of ketones is 1. The van der Waals surface area contributed by atoms with Gasteiger partial charge in [-0.3, -0.25) is 13.4 Å². The Hall–Kier alpha value is -4.90. The predicted octanol–water partition coefficient (Wildman–Crippen LogP) is 4.68. The summed E-state index contributed by atoms with van der Waals surface area (Å²) in [6.45, 7) is -1.20. The first-order valence-electron chi connectivity index (χ1n) is 18.9. The predicted molar refractivity (Wildman–Crippen MR) is 224 cm³/mol. The van der Waals surface area contributed by atoms with Crippen molar-refractivity contribution in [3.8, 4) is 0 Å². The van der Waals surface area contributed by atoms with E-state index in [0.29, 0.717) is 0 Å². The molecule has 2 saturated heterocycles. The molecule has 14 nitrogen and oxygen atoms in total. The lowest BCUT2D eigenvalue weighted by Gasteiger charge is -2.31. The highest BCUT2D eigenvalue weighted by Crippen LogP contribution is 2.32. The van der Waals surface area contributed by atoms with Crippen LogP contribution in [0.1, 0.15) is 57.5 Å². The van der Waals surface area contributed by atoms with E-state index in [1.165, 1.54) is 48.5 Å². The highest BCUT2D eigenvalue weighted by atomic mass is 32.2. The summed E-state index contributed by atoms with van der Waals surface area (Å²) in [5.41, 5.74) is 5.23. The zero-order valence-corrected chi connectivity index (χ0v) is 36.4. The molecular weight excluding hydrogens is 903 g/mol. The average Bonchev–Trinajstić information content (AvgIpc) is 3.21. The summed E-state index contributed by atoms with van der Waals surface area (Å²) in [5, 5.41) is -2.00. The first kappa shape index (κ1) is 48.1. The number of methoxy groups -OCH3 is 1. The monoisotopic (exact) mass is 945 g/mol. The standard InChI is InChI=1S/C20H22F2N2O5S2.C20H21F2NO6S2/c21-16-2-1-3-17(11-16)24(31(28,29)18-6-8-30(26,27)9-7-18)13-15-5-4-14(10-19(15)22)20(25)12-23;1-29-20(24)14-5-6-15(19(22)11-14)13-23(17-4-2-3-16(21)12-17)31(27,28)18-7-9-30(25,26)10-8-18/h1-5,10-11,18H,6-9,12-13,23H2;2-6,11-12,18H,7-10,13H2,1H3. The molecule has 62 heavy (non-hydrogen) atoms. The Labute approximate surface area is 357 Å². The number of rotatable bonds is 13. The van der Waals surface area contributed by atoms with Gasteiger partial charge in [0.15, 0.2) is 5.78 Å². The number of esters is 1. The van der Waals surface area contributed by atoms with Crippen LogP contribution in [0.25, 0.3) is 0 Å². The van der Waals surface area contributed by atoms with Crippen molar-refractivity contribution >= 4 is 62.8 Å². The highest BCUT2D eigenvalue weighted by Gasteiger charge is 2.39. The van der Waals surface area contributed by atoms with Crippen LogP contribution in [0.5, 0.6) is 0 Å². The molecule has 2 fully saturated rings. The molecule has 0 aromatic heterocycles. The zero-order chi connectivity index (χ0) is 45.6. The van der Waals surface area contributed by atoms with Crippen LogP contribution in [0.15, 0.2) is 84.9 Å². The van der Waals surface area contributed by atoms with Gasteiger partial charge in [-0.15, -0.1) is 0 Å². The number of Topliss-reactive ketones (excluding diaryl/α,β-unsaturated/α-hetero) is 1. The summed E-state index contributed by atoms with van der Waals surface area (Å²) in [4.78, 5) is 23.3. The van der Waals surface area contributed by atoms with Crippen molar-refractivity contribution in [3.63, 3.8) is 0 Å². The molecule has 0 spiro atoms. The molecule has 0 amide bonds. The number of hydrogen-bond acceptors (Lipinski definition) is 12. The topological polar surface area (TPSA) is 212 Å². The summed E-state index contributed by atoms with van der Waals surface area (Å²) < 4.78 is 164. The van der Waals surface area contributed by atoms with Gasteiger partial charge in [0.2, 0.25) is 20.0 Å². The number of sulfonamides is 2. The summed E-state index contributed by atoms with van der Waals surface area (Å²) in [5.74, 6) is -5.26. The number of sulfone groups is 2. The Morgan fingerprint density at radius 1 is 0.629 bits per heavy atom. The second-order valence-electron chi connectivity index (χ2n) is 14.5.